The summed E-state index contributed by atoms with van der Waals surface area (Å²) in [6.07, 6.45) is 3.14. The van der Waals surface area contributed by atoms with Crippen LogP contribution in [-0.4, -0.2) is 56.4 Å². The van der Waals surface area contributed by atoms with Gasteiger partial charge in [-0.1, -0.05) is 18.2 Å². The third-order valence-corrected chi connectivity index (χ3v) is 4.39. The molecule has 0 aromatic carbocycles. The molecule has 8 heteroatoms. The fourth-order valence-corrected chi connectivity index (χ4v) is 3.27. The number of nitrogens with zero attached hydrogens (tertiary/aromatic N) is 3. The highest BCUT2D eigenvalue weighted by Crippen LogP contribution is 2.27. The number of piperidine rings is 1. The van der Waals surface area contributed by atoms with Gasteiger partial charge in [-0.25, -0.2) is 4.98 Å². The molecule has 0 amide bonds. The minimum Gasteiger partial charge on any atom is -0.391 e. The third kappa shape index (κ3) is 4.19. The summed E-state index contributed by atoms with van der Waals surface area (Å²) in [6, 6.07) is 0. The second-order valence-electron chi connectivity index (χ2n) is 5.06. The topological polar surface area (TPSA) is 95.3 Å². The molecule has 1 aromatic rings. The molecule has 112 valence electrons. The Hall–Kier alpha value is -1.12. The number of aliphatic hydroxyl groups is 1. The fourth-order valence-electron chi connectivity index (χ4n) is 2.35. The van der Waals surface area contributed by atoms with Crippen LogP contribution in [0, 0.1) is 17.0 Å². The van der Waals surface area contributed by atoms with Crippen molar-refractivity contribution in [2.45, 2.75) is 37.3 Å². The number of nitrogens with one attached hydrogen (secondary N) is 1. The highest BCUT2D eigenvalue weighted by molar-refractivity contribution is 7.99. The molecule has 7 nitrogen and oxygen atoms in total. The second-order valence-corrected chi connectivity index (χ2v) is 6.07. The fraction of sp³-hybridized carbons (Fsp3) is 0.750. The third-order valence-electron chi connectivity index (χ3n) is 3.28. The van der Waals surface area contributed by atoms with E-state index >= 15 is 0 Å². The minimum atomic E-state index is -0.491. The van der Waals surface area contributed by atoms with Gasteiger partial charge in [-0.15, -0.1) is 0 Å². The van der Waals surface area contributed by atoms with Crippen LogP contribution in [0.5, 0.6) is 0 Å². The standard InChI is InChI=1S/C12H20N4O3S/c1-9-13-11(16(18)19)12(14-9)20-8-10(17)7-15-5-3-2-4-6-15/h10,17H,2-8H2,1H3,(H,13,14). The van der Waals surface area contributed by atoms with Gasteiger partial charge in [0.05, 0.1) is 6.10 Å². The molecule has 1 aromatic heterocycles. The Balaban J connectivity index is 1.83. The zero-order chi connectivity index (χ0) is 14.5. The summed E-state index contributed by atoms with van der Waals surface area (Å²) in [7, 11) is 0. The van der Waals surface area contributed by atoms with Gasteiger partial charge in [0, 0.05) is 19.2 Å². The second kappa shape index (κ2) is 7.05. The van der Waals surface area contributed by atoms with E-state index in [2.05, 4.69) is 14.9 Å². The number of likely N-dealkylation sites (tertiary alicyclic amines) is 1. The lowest BCUT2D eigenvalue weighted by Crippen LogP contribution is -2.37. The molecule has 20 heavy (non-hydrogen) atoms. The van der Waals surface area contributed by atoms with Crippen LogP contribution in [-0.2, 0) is 0 Å². The molecule has 0 saturated carbocycles. The monoisotopic (exact) mass is 300 g/mol. The highest BCUT2D eigenvalue weighted by Gasteiger charge is 2.21. The van der Waals surface area contributed by atoms with Gasteiger partial charge in [0.1, 0.15) is 0 Å². The number of aryl methyl sites for hydroxylation is 1. The van der Waals surface area contributed by atoms with Crippen molar-refractivity contribution in [1.29, 1.82) is 0 Å². The quantitative estimate of drug-likeness (QED) is 0.470. The van der Waals surface area contributed by atoms with E-state index in [-0.39, 0.29) is 5.82 Å². The van der Waals surface area contributed by atoms with Crippen LogP contribution in [0.1, 0.15) is 25.1 Å². The van der Waals surface area contributed by atoms with Crippen LogP contribution in [0.2, 0.25) is 0 Å². The first-order chi connectivity index (χ1) is 9.56. The number of β-amino-alcohol motifs (C(OH)–C–C–N with tert-alkyl or cyclic N) is 1. The molecule has 1 aliphatic heterocycles. The van der Waals surface area contributed by atoms with Crippen LogP contribution in [0.4, 0.5) is 5.82 Å². The van der Waals surface area contributed by atoms with Gasteiger partial charge in [-0.2, -0.15) is 4.98 Å². The van der Waals surface area contributed by atoms with Gasteiger partial charge in [0.15, 0.2) is 10.9 Å². The number of hydrogen-bond donors (Lipinski definition) is 2. The molecule has 1 fully saturated rings. The zero-order valence-corrected chi connectivity index (χ0v) is 12.4. The van der Waals surface area contributed by atoms with Gasteiger partial charge in [0.2, 0.25) is 0 Å². The summed E-state index contributed by atoms with van der Waals surface area (Å²) < 4.78 is 0. The van der Waals surface area contributed by atoms with Crippen molar-refractivity contribution in [3.63, 3.8) is 0 Å². The Morgan fingerprint density at radius 2 is 2.20 bits per heavy atom. The van der Waals surface area contributed by atoms with Crippen molar-refractivity contribution in [2.24, 2.45) is 0 Å². The maximum absolute atomic E-state index is 10.8. The van der Waals surface area contributed by atoms with E-state index in [1.54, 1.807) is 6.92 Å². The van der Waals surface area contributed by atoms with E-state index in [1.807, 2.05) is 0 Å². The van der Waals surface area contributed by atoms with Gasteiger partial charge in [0.25, 0.3) is 0 Å². The van der Waals surface area contributed by atoms with Crippen molar-refractivity contribution in [3.8, 4) is 0 Å². The number of hydrogen-bond acceptors (Lipinski definition) is 6. The predicted molar refractivity (Wildman–Crippen MR) is 77.0 cm³/mol. The Kier molecular flexibility index (Phi) is 5.38. The maximum Gasteiger partial charge on any atom is 0.354 e. The van der Waals surface area contributed by atoms with E-state index in [0.717, 1.165) is 13.1 Å². The molecule has 0 aliphatic carbocycles. The molecule has 1 unspecified atom stereocenters. The number of H-pyrrole nitrogens is 1. The highest BCUT2D eigenvalue weighted by atomic mass is 32.2. The van der Waals surface area contributed by atoms with Crippen LogP contribution in [0.25, 0.3) is 0 Å². The molecule has 1 saturated heterocycles. The lowest BCUT2D eigenvalue weighted by Gasteiger charge is -2.28. The molecule has 0 spiro atoms. The van der Waals surface area contributed by atoms with Crippen molar-refractivity contribution in [3.05, 3.63) is 15.9 Å². The van der Waals surface area contributed by atoms with Gasteiger partial charge < -0.3 is 20.1 Å². The summed E-state index contributed by atoms with van der Waals surface area (Å²) in [5.41, 5.74) is 0. The SMILES string of the molecule is Cc1nc(SCC(O)CN2CCCCC2)c([N+](=O)[O-])[nH]1. The van der Waals surface area contributed by atoms with E-state index < -0.39 is 11.0 Å². The maximum atomic E-state index is 10.8. The number of aromatic amines is 1. The van der Waals surface area contributed by atoms with Gasteiger partial charge in [-0.05, 0) is 30.9 Å². The van der Waals surface area contributed by atoms with Gasteiger partial charge in [-0.3, -0.25) is 0 Å². The first kappa shape index (κ1) is 15.3. The normalized spacial score (nSPS) is 18.1. The number of thioether (sulfide) groups is 1. The van der Waals surface area contributed by atoms with Crippen LogP contribution >= 0.6 is 11.8 Å². The molecular weight excluding hydrogens is 280 g/mol. The van der Waals surface area contributed by atoms with Gasteiger partial charge >= 0.3 is 5.82 Å². The Morgan fingerprint density at radius 1 is 1.50 bits per heavy atom. The van der Waals surface area contributed by atoms with E-state index in [0.29, 0.717) is 23.1 Å². The minimum absolute atomic E-state index is 0.0855. The van der Waals surface area contributed by atoms with Crippen molar-refractivity contribution >= 4 is 17.6 Å². The average Bonchev–Trinajstić information content (AvgIpc) is 2.79. The summed E-state index contributed by atoms with van der Waals surface area (Å²) >= 11 is 1.23. The lowest BCUT2D eigenvalue weighted by atomic mass is 10.1. The Labute approximate surface area is 121 Å². The van der Waals surface area contributed by atoms with E-state index in [9.17, 15) is 15.2 Å². The van der Waals surface area contributed by atoms with Crippen LogP contribution in [0.3, 0.4) is 0 Å². The average molecular weight is 300 g/mol. The first-order valence-electron chi connectivity index (χ1n) is 6.80. The summed E-state index contributed by atoms with van der Waals surface area (Å²) in [6.45, 7) is 4.37. The summed E-state index contributed by atoms with van der Waals surface area (Å²) in [5.74, 6) is 0.851. The molecule has 2 rings (SSSR count). The number of aliphatic hydroxyl groups excluding tert-OH is 1. The molecule has 1 aliphatic rings. The molecule has 0 bridgehead atoms. The number of rotatable bonds is 6. The molecular formula is C12H20N4O3S. The number of nitro groups is 1. The molecule has 0 radical (unpaired) electrons. The van der Waals surface area contributed by atoms with Crippen LogP contribution in [0.15, 0.2) is 5.03 Å². The smallest absolute Gasteiger partial charge is 0.354 e. The van der Waals surface area contributed by atoms with Crippen molar-refractivity contribution in [1.82, 2.24) is 14.9 Å². The Bertz CT molecular complexity index is 460. The largest absolute Gasteiger partial charge is 0.391 e. The van der Waals surface area contributed by atoms with Crippen LogP contribution < -0.4 is 0 Å². The number of imidazole rings is 1. The van der Waals surface area contributed by atoms with E-state index in [1.165, 1.54) is 31.0 Å². The van der Waals surface area contributed by atoms with Crippen molar-refractivity contribution < 1.29 is 10.0 Å². The zero-order valence-electron chi connectivity index (χ0n) is 11.5. The molecule has 2 N–H and O–H groups in total. The first-order valence-corrected chi connectivity index (χ1v) is 7.79. The molecule has 1 atom stereocenters. The summed E-state index contributed by atoms with van der Waals surface area (Å²) in [5, 5.41) is 21.2. The summed E-state index contributed by atoms with van der Waals surface area (Å²) in [4.78, 5) is 19.3. The van der Waals surface area contributed by atoms with E-state index in [4.69, 9.17) is 0 Å². The van der Waals surface area contributed by atoms with Crippen molar-refractivity contribution in [2.75, 3.05) is 25.4 Å². The Morgan fingerprint density at radius 3 is 2.85 bits per heavy atom. The number of aromatic nitrogens is 2. The predicted octanol–water partition coefficient (Wildman–Crippen LogP) is 1.57. The molecule has 2 heterocycles. The lowest BCUT2D eigenvalue weighted by molar-refractivity contribution is -0.392.